The first-order chi connectivity index (χ1) is 13.6. The maximum Gasteiger partial charge on any atom is 0.280 e. The second kappa shape index (κ2) is 7.34. The topological polar surface area (TPSA) is 82.5 Å². The van der Waals surface area contributed by atoms with E-state index in [0.29, 0.717) is 33.8 Å². The number of aromatic nitrogens is 2. The Bertz CT molecular complexity index is 1100. The summed E-state index contributed by atoms with van der Waals surface area (Å²) >= 11 is 0. The largest absolute Gasteiger partial charge is 0.493 e. The molecule has 1 N–H and O–H groups in total. The Morgan fingerprint density at radius 3 is 2.54 bits per heavy atom. The van der Waals surface area contributed by atoms with Crippen molar-refractivity contribution < 1.29 is 14.3 Å². The third-order valence-corrected chi connectivity index (χ3v) is 5.13. The molecule has 7 heteroatoms. The van der Waals surface area contributed by atoms with Gasteiger partial charge in [0, 0.05) is 11.5 Å². The fourth-order valence-electron chi connectivity index (χ4n) is 3.34. The van der Waals surface area contributed by atoms with Crippen LogP contribution < -0.4 is 20.5 Å². The number of fused-ring (bicyclic) bond motifs is 1. The molecule has 0 saturated heterocycles. The third-order valence-electron chi connectivity index (χ3n) is 5.13. The van der Waals surface area contributed by atoms with Crippen LogP contribution >= 0.6 is 0 Å². The summed E-state index contributed by atoms with van der Waals surface area (Å²) in [5.74, 6) is 1.32. The fraction of sp³-hybridized carbons (Fsp3) is 0.286. The summed E-state index contributed by atoms with van der Waals surface area (Å²) in [5.41, 5.74) is 3.46. The highest BCUT2D eigenvalue weighted by molar-refractivity contribution is 6.00. The average molecular weight is 379 g/mol. The molecule has 0 spiro atoms. The summed E-state index contributed by atoms with van der Waals surface area (Å²) in [7, 11) is 3.04. The van der Waals surface area contributed by atoms with Crippen molar-refractivity contribution in [3.05, 3.63) is 64.2 Å². The van der Waals surface area contributed by atoms with Crippen LogP contribution in [-0.2, 0) is 0 Å². The van der Waals surface area contributed by atoms with Crippen molar-refractivity contribution in [2.75, 3.05) is 19.6 Å². The standard InChI is InChI=1S/C21H21N3O4/c1-27-17-11-10-14(12-18(17)28-2)20(25)23-24-19(13-6-5-7-13)22-16-9-4-3-8-15(16)21(24)26/h3-4,8-13H,5-7H2,1-2H3,(H,23,25). The van der Waals surface area contributed by atoms with E-state index in [1.807, 2.05) is 12.1 Å². The molecule has 0 atom stereocenters. The predicted octanol–water partition coefficient (Wildman–Crippen LogP) is 3.07. The monoisotopic (exact) mass is 379 g/mol. The molecule has 1 aliphatic carbocycles. The van der Waals surface area contributed by atoms with Crippen LogP contribution in [0.4, 0.5) is 0 Å². The number of nitrogens with zero attached hydrogens (tertiary/aromatic N) is 2. The van der Waals surface area contributed by atoms with Gasteiger partial charge in [0.1, 0.15) is 5.82 Å². The molecule has 2 aromatic carbocycles. The molecule has 0 aliphatic heterocycles. The Morgan fingerprint density at radius 1 is 1.11 bits per heavy atom. The van der Waals surface area contributed by atoms with E-state index in [2.05, 4.69) is 10.4 Å². The first-order valence-electron chi connectivity index (χ1n) is 9.17. The molecule has 4 rings (SSSR count). The molecule has 0 bridgehead atoms. The van der Waals surface area contributed by atoms with Gasteiger partial charge in [-0.25, -0.2) is 9.66 Å². The molecule has 28 heavy (non-hydrogen) atoms. The molecule has 3 aromatic rings. The van der Waals surface area contributed by atoms with Crippen molar-refractivity contribution in [2.24, 2.45) is 0 Å². The van der Waals surface area contributed by atoms with E-state index in [4.69, 9.17) is 9.47 Å². The highest BCUT2D eigenvalue weighted by atomic mass is 16.5. The minimum absolute atomic E-state index is 0.169. The molecule has 1 aliphatic rings. The third kappa shape index (κ3) is 3.09. The van der Waals surface area contributed by atoms with Crippen molar-refractivity contribution in [3.8, 4) is 11.5 Å². The van der Waals surface area contributed by atoms with Crippen LogP contribution in [0.15, 0.2) is 47.3 Å². The second-order valence-corrected chi connectivity index (χ2v) is 6.77. The van der Waals surface area contributed by atoms with Gasteiger partial charge < -0.3 is 9.47 Å². The van der Waals surface area contributed by atoms with Crippen LogP contribution in [0.5, 0.6) is 11.5 Å². The van der Waals surface area contributed by atoms with Crippen LogP contribution in [0.3, 0.4) is 0 Å². The molecule has 1 aromatic heterocycles. The number of rotatable bonds is 5. The second-order valence-electron chi connectivity index (χ2n) is 6.77. The van der Waals surface area contributed by atoms with Gasteiger partial charge in [-0.2, -0.15) is 0 Å². The number of ether oxygens (including phenoxy) is 2. The van der Waals surface area contributed by atoms with Crippen LogP contribution in [0, 0.1) is 0 Å². The molecule has 1 fully saturated rings. The lowest BCUT2D eigenvalue weighted by molar-refractivity contribution is 0.100. The van der Waals surface area contributed by atoms with Crippen LogP contribution in [0.1, 0.15) is 41.4 Å². The van der Waals surface area contributed by atoms with Gasteiger partial charge in [-0.3, -0.25) is 15.0 Å². The molecule has 0 unspecified atom stereocenters. The molecule has 144 valence electrons. The van der Waals surface area contributed by atoms with Gasteiger partial charge >= 0.3 is 0 Å². The lowest BCUT2D eigenvalue weighted by atomic mass is 9.84. The number of carbonyl (C=O) groups is 1. The van der Waals surface area contributed by atoms with Crippen molar-refractivity contribution in [1.82, 2.24) is 9.66 Å². The smallest absolute Gasteiger partial charge is 0.280 e. The Hall–Kier alpha value is -3.35. The Balaban J connectivity index is 1.75. The van der Waals surface area contributed by atoms with Crippen molar-refractivity contribution in [1.29, 1.82) is 0 Å². The minimum atomic E-state index is -0.416. The zero-order chi connectivity index (χ0) is 19.7. The Labute approximate surface area is 161 Å². The molecular weight excluding hydrogens is 358 g/mol. The number of methoxy groups -OCH3 is 2. The van der Waals surface area contributed by atoms with E-state index in [-0.39, 0.29) is 11.5 Å². The maximum absolute atomic E-state index is 13.0. The zero-order valence-corrected chi connectivity index (χ0v) is 15.8. The maximum atomic E-state index is 13.0. The SMILES string of the molecule is COc1ccc(C(=O)Nn2c(C3CCC3)nc3ccccc3c2=O)cc1OC. The van der Waals surface area contributed by atoms with Gasteiger partial charge in [-0.05, 0) is 43.2 Å². The van der Waals surface area contributed by atoms with Crippen LogP contribution in [-0.4, -0.2) is 29.8 Å². The Kier molecular flexibility index (Phi) is 4.73. The normalized spacial score (nSPS) is 13.8. The number of para-hydroxylation sites is 1. The van der Waals surface area contributed by atoms with E-state index in [0.717, 1.165) is 19.3 Å². The van der Waals surface area contributed by atoms with E-state index >= 15 is 0 Å². The molecule has 1 amide bonds. The van der Waals surface area contributed by atoms with Gasteiger partial charge in [-0.1, -0.05) is 18.6 Å². The lowest BCUT2D eigenvalue weighted by Gasteiger charge is -2.27. The molecular formula is C21H21N3O4. The van der Waals surface area contributed by atoms with Gasteiger partial charge in [0.2, 0.25) is 0 Å². The predicted molar refractivity (Wildman–Crippen MR) is 106 cm³/mol. The molecule has 0 radical (unpaired) electrons. The Morgan fingerprint density at radius 2 is 1.86 bits per heavy atom. The van der Waals surface area contributed by atoms with Gasteiger partial charge in [0.25, 0.3) is 11.5 Å². The highest BCUT2D eigenvalue weighted by Gasteiger charge is 2.26. The minimum Gasteiger partial charge on any atom is -0.493 e. The van der Waals surface area contributed by atoms with E-state index in [1.54, 1.807) is 30.3 Å². The number of carbonyl (C=O) groups excluding carboxylic acids is 1. The first-order valence-corrected chi connectivity index (χ1v) is 9.17. The van der Waals surface area contributed by atoms with E-state index < -0.39 is 5.91 Å². The molecule has 1 heterocycles. The summed E-state index contributed by atoms with van der Waals surface area (Å²) in [4.78, 5) is 30.6. The van der Waals surface area contributed by atoms with Crippen LogP contribution in [0.2, 0.25) is 0 Å². The number of benzene rings is 2. The first kappa shape index (κ1) is 18.0. The molecule has 7 nitrogen and oxygen atoms in total. The fourth-order valence-corrected chi connectivity index (χ4v) is 3.34. The molecule has 1 saturated carbocycles. The number of nitrogens with one attached hydrogen (secondary N) is 1. The summed E-state index contributed by atoms with van der Waals surface area (Å²) in [6, 6.07) is 12.0. The average Bonchev–Trinajstić information content (AvgIpc) is 2.68. The van der Waals surface area contributed by atoms with Gasteiger partial charge in [0.05, 0.1) is 25.1 Å². The quantitative estimate of drug-likeness (QED) is 0.737. The zero-order valence-electron chi connectivity index (χ0n) is 15.8. The van der Waals surface area contributed by atoms with E-state index in [9.17, 15) is 9.59 Å². The van der Waals surface area contributed by atoms with Crippen molar-refractivity contribution in [2.45, 2.75) is 25.2 Å². The van der Waals surface area contributed by atoms with E-state index in [1.165, 1.54) is 18.9 Å². The number of hydrogen-bond donors (Lipinski definition) is 1. The summed E-state index contributed by atoms with van der Waals surface area (Å²) in [6.07, 6.45) is 3.00. The number of amides is 1. The van der Waals surface area contributed by atoms with Gasteiger partial charge in [-0.15, -0.1) is 0 Å². The van der Waals surface area contributed by atoms with Gasteiger partial charge in [0.15, 0.2) is 11.5 Å². The van der Waals surface area contributed by atoms with Crippen molar-refractivity contribution >= 4 is 16.8 Å². The summed E-state index contributed by atoms with van der Waals surface area (Å²) < 4.78 is 11.8. The number of hydrogen-bond acceptors (Lipinski definition) is 5. The van der Waals surface area contributed by atoms with Crippen LogP contribution in [0.25, 0.3) is 10.9 Å². The lowest BCUT2D eigenvalue weighted by Crippen LogP contribution is -2.38. The summed E-state index contributed by atoms with van der Waals surface area (Å²) in [6.45, 7) is 0. The summed E-state index contributed by atoms with van der Waals surface area (Å²) in [5, 5.41) is 0.471. The van der Waals surface area contributed by atoms with Crippen molar-refractivity contribution in [3.63, 3.8) is 0 Å². The highest BCUT2D eigenvalue weighted by Crippen LogP contribution is 2.35.